The number of aliphatic hydroxyl groups is 1. The quantitative estimate of drug-likeness (QED) is 0.927. The van der Waals surface area contributed by atoms with Crippen LogP contribution >= 0.6 is 11.6 Å². The normalized spacial score (nSPS) is 12.4. The molecule has 1 heterocycles. The summed E-state index contributed by atoms with van der Waals surface area (Å²) in [6.07, 6.45) is -0.0361. The van der Waals surface area contributed by atoms with Gasteiger partial charge in [0.15, 0.2) is 0 Å². The van der Waals surface area contributed by atoms with E-state index < -0.39 is 17.7 Å². The van der Waals surface area contributed by atoms with Gasteiger partial charge in [0.1, 0.15) is 17.7 Å². The Bertz CT molecular complexity index is 525. The van der Waals surface area contributed by atoms with Gasteiger partial charge >= 0.3 is 0 Å². The molecule has 0 bridgehead atoms. The molecule has 1 unspecified atom stereocenters. The number of benzene rings is 1. The van der Waals surface area contributed by atoms with Gasteiger partial charge in [0.25, 0.3) is 0 Å². The largest absolute Gasteiger partial charge is 0.386 e. The van der Waals surface area contributed by atoms with E-state index in [0.717, 1.165) is 6.20 Å². The van der Waals surface area contributed by atoms with E-state index in [2.05, 4.69) is 4.98 Å². The third-order valence-electron chi connectivity index (χ3n) is 2.55. The molecule has 1 aromatic carbocycles. The zero-order chi connectivity index (χ0) is 13.1. The van der Waals surface area contributed by atoms with Crippen molar-refractivity contribution in [3.8, 4) is 0 Å². The molecular formula is C13H10ClF2NO. The monoisotopic (exact) mass is 269 g/mol. The maximum Gasteiger partial charge on any atom is 0.141 e. The van der Waals surface area contributed by atoms with E-state index in [1.807, 2.05) is 0 Å². The zero-order valence-electron chi connectivity index (χ0n) is 9.28. The van der Waals surface area contributed by atoms with Crippen molar-refractivity contribution in [3.63, 3.8) is 0 Å². The van der Waals surface area contributed by atoms with Crippen molar-refractivity contribution >= 4 is 11.6 Å². The number of halogens is 3. The second-order valence-corrected chi connectivity index (χ2v) is 4.23. The first-order valence-corrected chi connectivity index (χ1v) is 5.68. The molecule has 18 heavy (non-hydrogen) atoms. The van der Waals surface area contributed by atoms with Crippen LogP contribution < -0.4 is 0 Å². The second-order valence-electron chi connectivity index (χ2n) is 3.82. The van der Waals surface area contributed by atoms with Crippen LogP contribution in [0.15, 0.2) is 36.5 Å². The SMILES string of the molecule is OC(Cc1c(F)cccc1Cl)c1ccc(F)cn1. The molecule has 0 saturated carbocycles. The molecule has 2 aromatic rings. The number of aromatic nitrogens is 1. The summed E-state index contributed by atoms with van der Waals surface area (Å²) in [4.78, 5) is 3.74. The Kier molecular flexibility index (Phi) is 3.89. The smallest absolute Gasteiger partial charge is 0.141 e. The highest BCUT2D eigenvalue weighted by Gasteiger charge is 2.15. The number of aliphatic hydroxyl groups excluding tert-OH is 1. The first-order chi connectivity index (χ1) is 8.58. The Balaban J connectivity index is 2.21. The summed E-state index contributed by atoms with van der Waals surface area (Å²) in [7, 11) is 0. The molecular weight excluding hydrogens is 260 g/mol. The van der Waals surface area contributed by atoms with Gasteiger partial charge in [-0.3, -0.25) is 4.98 Å². The van der Waals surface area contributed by atoms with Gasteiger partial charge in [-0.1, -0.05) is 17.7 Å². The highest BCUT2D eigenvalue weighted by Crippen LogP contribution is 2.24. The maximum absolute atomic E-state index is 13.5. The van der Waals surface area contributed by atoms with Gasteiger partial charge in [-0.2, -0.15) is 0 Å². The van der Waals surface area contributed by atoms with Crippen molar-refractivity contribution in [1.82, 2.24) is 4.98 Å². The fourth-order valence-electron chi connectivity index (χ4n) is 1.61. The molecule has 2 nitrogen and oxygen atoms in total. The minimum Gasteiger partial charge on any atom is -0.386 e. The van der Waals surface area contributed by atoms with E-state index in [1.165, 1.54) is 24.3 Å². The highest BCUT2D eigenvalue weighted by atomic mass is 35.5. The summed E-state index contributed by atoms with van der Waals surface area (Å²) in [5.41, 5.74) is 0.494. The van der Waals surface area contributed by atoms with Crippen LogP contribution in [0.1, 0.15) is 17.4 Å². The fourth-order valence-corrected chi connectivity index (χ4v) is 1.85. The lowest BCUT2D eigenvalue weighted by Gasteiger charge is -2.11. The van der Waals surface area contributed by atoms with Crippen molar-refractivity contribution in [2.75, 3.05) is 0 Å². The molecule has 0 aliphatic heterocycles. The minimum atomic E-state index is -1.03. The molecule has 0 spiro atoms. The van der Waals surface area contributed by atoms with Crippen LogP contribution in [0.2, 0.25) is 5.02 Å². The first-order valence-electron chi connectivity index (χ1n) is 5.30. The molecule has 0 amide bonds. The summed E-state index contributed by atoms with van der Waals surface area (Å²) < 4.78 is 26.2. The molecule has 94 valence electrons. The summed E-state index contributed by atoms with van der Waals surface area (Å²) >= 11 is 5.85. The molecule has 1 atom stereocenters. The summed E-state index contributed by atoms with van der Waals surface area (Å²) in [5, 5.41) is 10.1. The molecule has 0 saturated heterocycles. The molecule has 1 aromatic heterocycles. The van der Waals surface area contributed by atoms with E-state index >= 15 is 0 Å². The van der Waals surface area contributed by atoms with Gasteiger partial charge < -0.3 is 5.11 Å². The van der Waals surface area contributed by atoms with E-state index in [4.69, 9.17) is 11.6 Å². The van der Waals surface area contributed by atoms with Gasteiger partial charge in [-0.25, -0.2) is 8.78 Å². The van der Waals surface area contributed by atoms with Gasteiger partial charge in [0, 0.05) is 17.0 Å². The van der Waals surface area contributed by atoms with Crippen LogP contribution in [-0.2, 0) is 6.42 Å². The third-order valence-corrected chi connectivity index (χ3v) is 2.90. The predicted molar refractivity (Wildman–Crippen MR) is 64.3 cm³/mol. The Morgan fingerprint density at radius 2 is 2.00 bits per heavy atom. The Hall–Kier alpha value is -1.52. The van der Waals surface area contributed by atoms with E-state index in [-0.39, 0.29) is 22.7 Å². The standard InChI is InChI=1S/C13H10ClF2NO/c14-10-2-1-3-11(16)9(10)6-13(18)12-5-4-8(15)7-17-12/h1-5,7,13,18H,6H2. The van der Waals surface area contributed by atoms with Crippen LogP contribution in [0.3, 0.4) is 0 Å². The summed E-state index contributed by atoms with van der Waals surface area (Å²) in [5.74, 6) is -0.974. The van der Waals surface area contributed by atoms with E-state index in [9.17, 15) is 13.9 Å². The maximum atomic E-state index is 13.5. The lowest BCUT2D eigenvalue weighted by Crippen LogP contribution is -2.06. The summed E-state index contributed by atoms with van der Waals surface area (Å²) in [6, 6.07) is 6.85. The van der Waals surface area contributed by atoms with Gasteiger partial charge in [0.2, 0.25) is 0 Å². The lowest BCUT2D eigenvalue weighted by molar-refractivity contribution is 0.172. The van der Waals surface area contributed by atoms with Crippen molar-refractivity contribution in [3.05, 3.63) is 64.4 Å². The summed E-state index contributed by atoms with van der Waals surface area (Å²) in [6.45, 7) is 0. The predicted octanol–water partition coefficient (Wildman–Crippen LogP) is 3.29. The van der Waals surface area contributed by atoms with Crippen molar-refractivity contribution in [1.29, 1.82) is 0 Å². The van der Waals surface area contributed by atoms with Crippen LogP contribution in [-0.4, -0.2) is 10.1 Å². The van der Waals surface area contributed by atoms with Crippen molar-refractivity contribution < 1.29 is 13.9 Å². The number of hydrogen-bond donors (Lipinski definition) is 1. The number of hydrogen-bond acceptors (Lipinski definition) is 2. The van der Waals surface area contributed by atoms with E-state index in [1.54, 1.807) is 6.07 Å². The lowest BCUT2D eigenvalue weighted by atomic mass is 10.0. The highest BCUT2D eigenvalue weighted by molar-refractivity contribution is 6.31. The van der Waals surface area contributed by atoms with Gasteiger partial charge in [-0.15, -0.1) is 0 Å². The number of nitrogens with zero attached hydrogens (tertiary/aromatic N) is 1. The third kappa shape index (κ3) is 2.83. The van der Waals surface area contributed by atoms with Crippen LogP contribution in [0, 0.1) is 11.6 Å². The topological polar surface area (TPSA) is 33.1 Å². The average Bonchev–Trinajstić information content (AvgIpc) is 2.34. The number of rotatable bonds is 3. The molecule has 0 aliphatic rings. The molecule has 0 fully saturated rings. The Morgan fingerprint density at radius 1 is 1.22 bits per heavy atom. The molecule has 2 rings (SSSR count). The Labute approximate surface area is 108 Å². The Morgan fingerprint density at radius 3 is 2.61 bits per heavy atom. The molecule has 0 aliphatic carbocycles. The zero-order valence-corrected chi connectivity index (χ0v) is 10.0. The number of pyridine rings is 1. The van der Waals surface area contributed by atoms with Crippen LogP contribution in [0.25, 0.3) is 0 Å². The van der Waals surface area contributed by atoms with Crippen LogP contribution in [0.4, 0.5) is 8.78 Å². The minimum absolute atomic E-state index is 0.00978. The van der Waals surface area contributed by atoms with Crippen molar-refractivity contribution in [2.45, 2.75) is 12.5 Å². The van der Waals surface area contributed by atoms with Crippen LogP contribution in [0.5, 0.6) is 0 Å². The van der Waals surface area contributed by atoms with Gasteiger partial charge in [0.05, 0.1) is 11.9 Å². The molecule has 5 heteroatoms. The molecule has 0 radical (unpaired) electrons. The van der Waals surface area contributed by atoms with Gasteiger partial charge in [-0.05, 0) is 24.3 Å². The van der Waals surface area contributed by atoms with Crippen molar-refractivity contribution in [2.24, 2.45) is 0 Å². The van der Waals surface area contributed by atoms with E-state index in [0.29, 0.717) is 0 Å². The second kappa shape index (κ2) is 5.42. The molecule has 1 N–H and O–H groups in total. The fraction of sp³-hybridized carbons (Fsp3) is 0.154. The average molecular weight is 270 g/mol. The first kappa shape index (κ1) is 12.9.